The number of terminal acetylenes is 1. The van der Waals surface area contributed by atoms with Gasteiger partial charge in [0.2, 0.25) is 5.91 Å². The van der Waals surface area contributed by atoms with Crippen molar-refractivity contribution in [3.05, 3.63) is 0 Å². The van der Waals surface area contributed by atoms with Crippen LogP contribution in [0.2, 0.25) is 0 Å². The molecule has 1 heterocycles. The Balaban J connectivity index is 2.18. The molecule has 1 atom stereocenters. The van der Waals surface area contributed by atoms with Crippen molar-refractivity contribution in [1.82, 2.24) is 5.48 Å². The van der Waals surface area contributed by atoms with Crippen LogP contribution in [0.25, 0.3) is 0 Å². The summed E-state index contributed by atoms with van der Waals surface area (Å²) in [5.41, 5.74) is 2.29. The van der Waals surface area contributed by atoms with Gasteiger partial charge in [-0.15, -0.1) is 6.42 Å². The largest absolute Gasteiger partial charge is 0.381 e. The van der Waals surface area contributed by atoms with Crippen molar-refractivity contribution < 1.29 is 14.4 Å². The van der Waals surface area contributed by atoms with E-state index in [1.807, 2.05) is 0 Å². The normalized spacial score (nSPS) is 21.9. The fourth-order valence-corrected chi connectivity index (χ4v) is 1.18. The number of amides is 1. The highest BCUT2D eigenvalue weighted by atomic mass is 16.6. The highest BCUT2D eigenvalue weighted by molar-refractivity contribution is 5.77. The van der Waals surface area contributed by atoms with Crippen LogP contribution < -0.4 is 5.48 Å². The minimum Gasteiger partial charge on any atom is -0.381 e. The van der Waals surface area contributed by atoms with E-state index < -0.39 is 0 Å². The summed E-state index contributed by atoms with van der Waals surface area (Å²) in [5, 5.41) is 0. The first-order valence-electron chi connectivity index (χ1n) is 4.27. The maximum absolute atomic E-state index is 11.3. The second kappa shape index (κ2) is 5.57. The predicted molar refractivity (Wildman–Crippen MR) is 46.5 cm³/mol. The van der Waals surface area contributed by atoms with E-state index in [0.717, 1.165) is 19.4 Å². The van der Waals surface area contributed by atoms with Gasteiger partial charge in [-0.25, -0.2) is 5.48 Å². The molecule has 1 saturated heterocycles. The lowest BCUT2D eigenvalue weighted by Gasteiger charge is -2.20. The summed E-state index contributed by atoms with van der Waals surface area (Å²) in [6, 6.07) is 0. The van der Waals surface area contributed by atoms with Crippen molar-refractivity contribution in [1.29, 1.82) is 0 Å². The van der Waals surface area contributed by atoms with Crippen molar-refractivity contribution in [2.45, 2.75) is 12.8 Å². The van der Waals surface area contributed by atoms with Gasteiger partial charge in [-0.2, -0.15) is 0 Å². The van der Waals surface area contributed by atoms with Gasteiger partial charge in [-0.3, -0.25) is 9.63 Å². The summed E-state index contributed by atoms with van der Waals surface area (Å²) in [4.78, 5) is 16.0. The molecule has 1 N–H and O–H groups in total. The quantitative estimate of drug-likeness (QED) is 0.383. The van der Waals surface area contributed by atoms with Crippen LogP contribution >= 0.6 is 0 Å². The van der Waals surface area contributed by atoms with E-state index in [-0.39, 0.29) is 18.4 Å². The second-order valence-corrected chi connectivity index (χ2v) is 2.87. The molecule has 1 unspecified atom stereocenters. The second-order valence-electron chi connectivity index (χ2n) is 2.87. The maximum Gasteiger partial charge on any atom is 0.249 e. The monoisotopic (exact) mass is 183 g/mol. The first kappa shape index (κ1) is 10.0. The lowest BCUT2D eigenvalue weighted by atomic mass is 10.0. The number of ether oxygens (including phenoxy) is 1. The molecule has 1 amide bonds. The zero-order chi connectivity index (χ0) is 9.52. The van der Waals surface area contributed by atoms with Gasteiger partial charge in [0, 0.05) is 6.61 Å². The van der Waals surface area contributed by atoms with Crippen molar-refractivity contribution in [3.63, 3.8) is 0 Å². The smallest absolute Gasteiger partial charge is 0.249 e. The summed E-state index contributed by atoms with van der Waals surface area (Å²) >= 11 is 0. The van der Waals surface area contributed by atoms with Crippen molar-refractivity contribution in [2.75, 3.05) is 19.8 Å². The molecule has 72 valence electrons. The molecule has 0 aromatic heterocycles. The van der Waals surface area contributed by atoms with E-state index >= 15 is 0 Å². The van der Waals surface area contributed by atoms with Crippen molar-refractivity contribution >= 4 is 5.91 Å². The number of hydrogen-bond donors (Lipinski definition) is 1. The van der Waals surface area contributed by atoms with Crippen LogP contribution in [0.1, 0.15) is 12.8 Å². The Morgan fingerprint density at radius 2 is 2.62 bits per heavy atom. The molecule has 0 aromatic carbocycles. The average Bonchev–Trinajstić information content (AvgIpc) is 2.19. The van der Waals surface area contributed by atoms with Crippen LogP contribution in [0.5, 0.6) is 0 Å². The molecule has 13 heavy (non-hydrogen) atoms. The number of hydroxylamine groups is 1. The van der Waals surface area contributed by atoms with Crippen LogP contribution in [0, 0.1) is 18.3 Å². The average molecular weight is 183 g/mol. The van der Waals surface area contributed by atoms with Crippen LogP contribution in [0.15, 0.2) is 0 Å². The molecule has 4 heteroatoms. The first-order valence-corrected chi connectivity index (χ1v) is 4.27. The Kier molecular flexibility index (Phi) is 4.30. The Hall–Kier alpha value is -1.05. The summed E-state index contributed by atoms with van der Waals surface area (Å²) in [7, 11) is 0. The predicted octanol–water partition coefficient (Wildman–Crippen LogP) is 0.0940. The Labute approximate surface area is 77.5 Å². The van der Waals surface area contributed by atoms with E-state index in [1.54, 1.807) is 0 Å². The van der Waals surface area contributed by atoms with Gasteiger partial charge in [0.05, 0.1) is 12.5 Å². The zero-order valence-corrected chi connectivity index (χ0v) is 7.41. The van der Waals surface area contributed by atoms with Crippen LogP contribution in [0.4, 0.5) is 0 Å². The third-order valence-corrected chi connectivity index (χ3v) is 1.86. The zero-order valence-electron chi connectivity index (χ0n) is 7.41. The van der Waals surface area contributed by atoms with Gasteiger partial charge in [0.25, 0.3) is 0 Å². The summed E-state index contributed by atoms with van der Waals surface area (Å²) in [5.74, 6) is 2.02. The third kappa shape index (κ3) is 3.45. The molecule has 0 radical (unpaired) electrons. The molecule has 1 aliphatic rings. The van der Waals surface area contributed by atoms with E-state index in [1.165, 1.54) is 0 Å². The minimum atomic E-state index is -0.144. The number of nitrogens with one attached hydrogen (secondary N) is 1. The first-order chi connectivity index (χ1) is 6.34. The fraction of sp³-hybridized carbons (Fsp3) is 0.667. The molecule has 0 spiro atoms. The van der Waals surface area contributed by atoms with E-state index in [0.29, 0.717) is 6.61 Å². The van der Waals surface area contributed by atoms with E-state index in [9.17, 15) is 4.79 Å². The van der Waals surface area contributed by atoms with Gasteiger partial charge in [0.15, 0.2) is 0 Å². The van der Waals surface area contributed by atoms with E-state index in [2.05, 4.69) is 11.4 Å². The molecule has 0 aromatic rings. The Morgan fingerprint density at radius 1 is 1.77 bits per heavy atom. The Bertz CT molecular complexity index is 203. The molecule has 1 rings (SSSR count). The van der Waals surface area contributed by atoms with Gasteiger partial charge in [-0.1, -0.05) is 5.92 Å². The van der Waals surface area contributed by atoms with Crippen LogP contribution in [0.3, 0.4) is 0 Å². The lowest BCUT2D eigenvalue weighted by molar-refractivity contribution is -0.140. The maximum atomic E-state index is 11.3. The van der Waals surface area contributed by atoms with Crippen LogP contribution in [-0.4, -0.2) is 25.7 Å². The molecule has 0 saturated carbocycles. The minimum absolute atomic E-state index is 0.0912. The lowest BCUT2D eigenvalue weighted by Crippen LogP contribution is -2.35. The molecule has 0 bridgehead atoms. The molecular formula is C9H13NO3. The molecular weight excluding hydrogens is 170 g/mol. The molecule has 0 aliphatic carbocycles. The molecule has 1 fully saturated rings. The highest BCUT2D eigenvalue weighted by Gasteiger charge is 2.21. The SMILES string of the molecule is C#CCONC(=O)C1CCCOC1. The van der Waals surface area contributed by atoms with E-state index in [4.69, 9.17) is 16.0 Å². The number of hydrogen-bond acceptors (Lipinski definition) is 3. The Morgan fingerprint density at radius 3 is 3.23 bits per heavy atom. The highest BCUT2D eigenvalue weighted by Crippen LogP contribution is 2.12. The summed E-state index contributed by atoms with van der Waals surface area (Å²) < 4.78 is 5.15. The molecule has 1 aliphatic heterocycles. The fourth-order valence-electron chi connectivity index (χ4n) is 1.18. The summed E-state index contributed by atoms with van der Waals surface area (Å²) in [6.07, 6.45) is 6.72. The third-order valence-electron chi connectivity index (χ3n) is 1.86. The van der Waals surface area contributed by atoms with Crippen LogP contribution in [-0.2, 0) is 14.4 Å². The van der Waals surface area contributed by atoms with Gasteiger partial charge in [-0.05, 0) is 12.8 Å². The number of rotatable bonds is 3. The number of carbonyl (C=O) groups excluding carboxylic acids is 1. The van der Waals surface area contributed by atoms with Crippen molar-refractivity contribution in [3.8, 4) is 12.3 Å². The topological polar surface area (TPSA) is 47.6 Å². The van der Waals surface area contributed by atoms with Gasteiger partial charge < -0.3 is 4.74 Å². The van der Waals surface area contributed by atoms with Crippen molar-refractivity contribution in [2.24, 2.45) is 5.92 Å². The van der Waals surface area contributed by atoms with Gasteiger partial charge >= 0.3 is 0 Å². The summed E-state index contributed by atoms with van der Waals surface area (Å²) in [6.45, 7) is 1.32. The standard InChI is InChI=1S/C9H13NO3/c1-2-5-13-10-9(11)8-4-3-6-12-7-8/h1,8H,3-7H2,(H,10,11). The van der Waals surface area contributed by atoms with Gasteiger partial charge in [0.1, 0.15) is 6.61 Å². The molecule has 4 nitrogen and oxygen atoms in total. The number of carbonyl (C=O) groups is 1.